The van der Waals surface area contributed by atoms with Gasteiger partial charge in [-0.3, -0.25) is 9.59 Å². The molecular formula is C25H34N2O5S. The molecule has 0 heterocycles. The van der Waals surface area contributed by atoms with Crippen LogP contribution in [0.3, 0.4) is 0 Å². The second-order valence-electron chi connectivity index (χ2n) is 8.27. The maximum Gasteiger partial charge on any atom is 0.307 e. The molecule has 0 aliphatic carbocycles. The lowest BCUT2D eigenvalue weighted by Crippen LogP contribution is -2.29. The van der Waals surface area contributed by atoms with Gasteiger partial charge in [0.2, 0.25) is 10.0 Å². The average Bonchev–Trinajstić information content (AvgIpc) is 2.76. The van der Waals surface area contributed by atoms with Gasteiger partial charge >= 0.3 is 5.97 Å². The summed E-state index contributed by atoms with van der Waals surface area (Å²) in [5.41, 5.74) is 6.99. The highest BCUT2D eigenvalue weighted by Crippen LogP contribution is 2.29. The largest absolute Gasteiger partial charge is 0.456 e. The zero-order valence-corrected chi connectivity index (χ0v) is 21.3. The number of esters is 1. The SMILES string of the molecule is CCc1cccc(C)c1NC(=O)COC(=O)CCNS(=O)(=O)c1c(C)c(C)c(C)c(C)c1C. The molecule has 0 saturated carbocycles. The molecule has 0 saturated heterocycles. The molecule has 2 aromatic carbocycles. The summed E-state index contributed by atoms with van der Waals surface area (Å²) in [6.45, 7) is 12.7. The minimum Gasteiger partial charge on any atom is -0.456 e. The van der Waals surface area contributed by atoms with Crippen LogP contribution >= 0.6 is 0 Å². The van der Waals surface area contributed by atoms with E-state index in [1.165, 1.54) is 0 Å². The van der Waals surface area contributed by atoms with Gasteiger partial charge in [-0.25, -0.2) is 13.1 Å². The predicted octanol–water partition coefficient (Wildman–Crippen LogP) is 3.95. The quantitative estimate of drug-likeness (QED) is 0.536. The van der Waals surface area contributed by atoms with Crippen LogP contribution in [-0.2, 0) is 30.8 Å². The first-order valence-corrected chi connectivity index (χ1v) is 12.5. The number of rotatable bonds is 9. The fraction of sp³-hybridized carbons (Fsp3) is 0.440. The van der Waals surface area contributed by atoms with Crippen molar-refractivity contribution in [2.24, 2.45) is 0 Å². The molecule has 2 N–H and O–H groups in total. The lowest BCUT2D eigenvalue weighted by molar-refractivity contribution is -0.147. The van der Waals surface area contributed by atoms with E-state index in [1.807, 2.05) is 52.8 Å². The zero-order chi connectivity index (χ0) is 24.9. The lowest BCUT2D eigenvalue weighted by Gasteiger charge is -2.19. The molecule has 7 nitrogen and oxygen atoms in total. The molecule has 2 aromatic rings. The number of benzene rings is 2. The van der Waals surface area contributed by atoms with Gasteiger partial charge in [0.25, 0.3) is 5.91 Å². The molecule has 0 bridgehead atoms. The Morgan fingerprint density at radius 3 is 2.06 bits per heavy atom. The summed E-state index contributed by atoms with van der Waals surface area (Å²) in [5.74, 6) is -1.09. The van der Waals surface area contributed by atoms with Gasteiger partial charge in [-0.1, -0.05) is 25.1 Å². The van der Waals surface area contributed by atoms with E-state index in [0.717, 1.165) is 39.9 Å². The molecule has 1 amide bonds. The van der Waals surface area contributed by atoms with Crippen molar-refractivity contribution in [1.29, 1.82) is 0 Å². The second kappa shape index (κ2) is 10.9. The van der Waals surface area contributed by atoms with Crippen molar-refractivity contribution in [3.8, 4) is 0 Å². The van der Waals surface area contributed by atoms with E-state index in [0.29, 0.717) is 11.1 Å². The van der Waals surface area contributed by atoms with E-state index in [1.54, 1.807) is 13.8 Å². The average molecular weight is 475 g/mol. The number of anilines is 1. The number of hydrogen-bond donors (Lipinski definition) is 2. The molecule has 0 fully saturated rings. The van der Waals surface area contributed by atoms with Crippen molar-refractivity contribution in [3.63, 3.8) is 0 Å². The van der Waals surface area contributed by atoms with Crippen LogP contribution in [0.25, 0.3) is 0 Å². The number of hydrogen-bond acceptors (Lipinski definition) is 5. The van der Waals surface area contributed by atoms with Crippen LogP contribution in [0.2, 0.25) is 0 Å². The minimum absolute atomic E-state index is 0.120. The van der Waals surface area contributed by atoms with E-state index in [9.17, 15) is 18.0 Å². The third kappa shape index (κ3) is 6.21. The van der Waals surface area contributed by atoms with Crippen LogP contribution in [0.5, 0.6) is 0 Å². The Kier molecular flexibility index (Phi) is 8.80. The highest BCUT2D eigenvalue weighted by molar-refractivity contribution is 7.89. The van der Waals surface area contributed by atoms with Gasteiger partial charge in [-0.15, -0.1) is 0 Å². The van der Waals surface area contributed by atoms with Crippen LogP contribution < -0.4 is 10.0 Å². The van der Waals surface area contributed by atoms with Crippen molar-refractivity contribution in [1.82, 2.24) is 4.72 Å². The molecule has 0 spiro atoms. The minimum atomic E-state index is -3.80. The van der Waals surface area contributed by atoms with Crippen molar-refractivity contribution >= 4 is 27.6 Å². The number of para-hydroxylation sites is 1. The van der Waals surface area contributed by atoms with Crippen LogP contribution in [0, 0.1) is 41.5 Å². The first-order chi connectivity index (χ1) is 15.4. The van der Waals surface area contributed by atoms with Gasteiger partial charge in [0.15, 0.2) is 6.61 Å². The van der Waals surface area contributed by atoms with E-state index >= 15 is 0 Å². The summed E-state index contributed by atoms with van der Waals surface area (Å²) >= 11 is 0. The standard InChI is InChI=1S/C25H34N2O5S/c1-8-21-11-9-10-15(2)24(21)27-22(28)14-32-23(29)12-13-26-33(30,31)25-19(6)17(4)16(3)18(5)20(25)7/h9-11,26H,8,12-14H2,1-7H3,(H,27,28). The normalized spacial score (nSPS) is 11.4. The Morgan fingerprint density at radius 1 is 0.909 bits per heavy atom. The number of amides is 1. The van der Waals surface area contributed by atoms with Crippen molar-refractivity contribution in [2.45, 2.75) is 66.2 Å². The van der Waals surface area contributed by atoms with Gasteiger partial charge in [0.1, 0.15) is 0 Å². The highest BCUT2D eigenvalue weighted by Gasteiger charge is 2.23. The first kappa shape index (κ1) is 26.5. The highest BCUT2D eigenvalue weighted by atomic mass is 32.2. The Morgan fingerprint density at radius 2 is 1.48 bits per heavy atom. The maximum atomic E-state index is 12.9. The van der Waals surface area contributed by atoms with Crippen LogP contribution in [0.1, 0.15) is 52.3 Å². The number of nitrogens with one attached hydrogen (secondary N) is 2. The molecule has 0 aliphatic heterocycles. The van der Waals surface area contributed by atoms with Gasteiger partial charge in [-0.05, 0) is 86.9 Å². The Hall–Kier alpha value is -2.71. The molecule has 0 aliphatic rings. The van der Waals surface area contributed by atoms with E-state index < -0.39 is 28.5 Å². The Labute approximate surface area is 197 Å². The smallest absolute Gasteiger partial charge is 0.307 e. The summed E-state index contributed by atoms with van der Waals surface area (Å²) in [6.07, 6.45) is 0.579. The fourth-order valence-electron chi connectivity index (χ4n) is 3.82. The number of ether oxygens (including phenoxy) is 1. The molecule has 180 valence electrons. The number of aryl methyl sites for hydroxylation is 2. The van der Waals surface area contributed by atoms with Gasteiger partial charge in [-0.2, -0.15) is 0 Å². The third-order valence-electron chi connectivity index (χ3n) is 6.19. The molecule has 0 aromatic heterocycles. The van der Waals surface area contributed by atoms with Gasteiger partial charge < -0.3 is 10.1 Å². The fourth-order valence-corrected chi connectivity index (χ4v) is 5.45. The maximum absolute atomic E-state index is 12.9. The lowest BCUT2D eigenvalue weighted by atomic mass is 9.95. The summed E-state index contributed by atoms with van der Waals surface area (Å²) in [7, 11) is -3.80. The molecule has 0 radical (unpaired) electrons. The number of sulfonamides is 1. The van der Waals surface area contributed by atoms with Crippen LogP contribution in [0.15, 0.2) is 23.1 Å². The monoisotopic (exact) mass is 474 g/mol. The predicted molar refractivity (Wildman–Crippen MR) is 130 cm³/mol. The van der Waals surface area contributed by atoms with E-state index in [-0.39, 0.29) is 17.9 Å². The summed E-state index contributed by atoms with van der Waals surface area (Å²) in [6, 6.07) is 5.75. The number of carbonyl (C=O) groups is 2. The van der Waals surface area contributed by atoms with Crippen molar-refractivity contribution < 1.29 is 22.7 Å². The molecule has 0 atom stereocenters. The van der Waals surface area contributed by atoms with Gasteiger partial charge in [0, 0.05) is 12.2 Å². The molecule has 2 rings (SSSR count). The van der Waals surface area contributed by atoms with E-state index in [4.69, 9.17) is 4.74 Å². The molecule has 33 heavy (non-hydrogen) atoms. The van der Waals surface area contributed by atoms with Gasteiger partial charge in [0.05, 0.1) is 11.3 Å². The summed E-state index contributed by atoms with van der Waals surface area (Å²) in [4.78, 5) is 24.5. The molecule has 0 unspecified atom stereocenters. The topological polar surface area (TPSA) is 102 Å². The summed E-state index contributed by atoms with van der Waals surface area (Å²) < 4.78 is 33.3. The number of carbonyl (C=O) groups excluding carboxylic acids is 2. The first-order valence-electron chi connectivity index (χ1n) is 11.0. The summed E-state index contributed by atoms with van der Waals surface area (Å²) in [5, 5.41) is 2.79. The molecular weight excluding hydrogens is 440 g/mol. The van der Waals surface area contributed by atoms with E-state index in [2.05, 4.69) is 10.0 Å². The van der Waals surface area contributed by atoms with Crippen molar-refractivity contribution in [2.75, 3.05) is 18.5 Å². The second-order valence-corrected chi connectivity index (χ2v) is 9.98. The Bertz CT molecular complexity index is 1140. The van der Waals surface area contributed by atoms with Crippen molar-refractivity contribution in [3.05, 3.63) is 57.1 Å². The third-order valence-corrected chi connectivity index (χ3v) is 7.92. The molecule has 8 heteroatoms. The van der Waals surface area contributed by atoms with Crippen LogP contribution in [0.4, 0.5) is 5.69 Å². The zero-order valence-electron chi connectivity index (χ0n) is 20.5. The Balaban J connectivity index is 1.93. The van der Waals surface area contributed by atoms with Crippen LogP contribution in [-0.4, -0.2) is 33.4 Å².